The standard InChI is InChI=1S/C21H26ClN3O4/c1-11-4-9-15-17(16(11)19(27)23-3)21(29)25(12(2)10-26)18(15)20(28)24-14-7-5-13(22)6-8-14/h4-9,11-12,15-18,26H,10H2,1-3H3,(H,23,27)(H,24,28)/t11-,12-,15+,16-,17-,18+/m1/s1. The zero-order valence-electron chi connectivity index (χ0n) is 16.6. The number of rotatable bonds is 5. The monoisotopic (exact) mass is 419 g/mol. The number of nitrogens with one attached hydrogen (secondary N) is 2. The maximum absolute atomic E-state index is 13.3. The highest BCUT2D eigenvalue weighted by Crippen LogP contribution is 2.44. The average molecular weight is 420 g/mol. The maximum Gasteiger partial charge on any atom is 0.247 e. The third-order valence-corrected chi connectivity index (χ3v) is 6.13. The lowest BCUT2D eigenvalue weighted by molar-refractivity contribution is -0.142. The topological polar surface area (TPSA) is 98.7 Å². The van der Waals surface area contributed by atoms with Gasteiger partial charge in [0.25, 0.3) is 0 Å². The molecule has 0 radical (unpaired) electrons. The van der Waals surface area contributed by atoms with Crippen molar-refractivity contribution in [2.24, 2.45) is 23.7 Å². The summed E-state index contributed by atoms with van der Waals surface area (Å²) in [7, 11) is 1.54. The lowest BCUT2D eigenvalue weighted by atomic mass is 9.70. The van der Waals surface area contributed by atoms with Gasteiger partial charge in [-0.25, -0.2) is 0 Å². The zero-order valence-corrected chi connectivity index (χ0v) is 17.4. The number of aliphatic hydroxyl groups excluding tert-OH is 1. The summed E-state index contributed by atoms with van der Waals surface area (Å²) < 4.78 is 0. The van der Waals surface area contributed by atoms with Crippen molar-refractivity contribution < 1.29 is 19.5 Å². The minimum absolute atomic E-state index is 0.135. The summed E-state index contributed by atoms with van der Waals surface area (Å²) >= 11 is 5.90. The molecule has 0 bridgehead atoms. The molecule has 0 spiro atoms. The van der Waals surface area contributed by atoms with Gasteiger partial charge in [-0.05, 0) is 37.1 Å². The number of benzene rings is 1. The predicted octanol–water partition coefficient (Wildman–Crippen LogP) is 1.67. The van der Waals surface area contributed by atoms with Crippen LogP contribution < -0.4 is 10.6 Å². The molecule has 1 aromatic carbocycles. The Morgan fingerprint density at radius 2 is 1.86 bits per heavy atom. The minimum Gasteiger partial charge on any atom is -0.394 e. The van der Waals surface area contributed by atoms with Crippen LogP contribution in [0.1, 0.15) is 13.8 Å². The second kappa shape index (κ2) is 8.55. The van der Waals surface area contributed by atoms with Gasteiger partial charge in [0, 0.05) is 23.7 Å². The highest BCUT2D eigenvalue weighted by atomic mass is 35.5. The molecule has 1 aromatic rings. The van der Waals surface area contributed by atoms with Crippen LogP contribution in [-0.4, -0.2) is 53.5 Å². The van der Waals surface area contributed by atoms with E-state index in [0.29, 0.717) is 10.7 Å². The molecule has 0 aromatic heterocycles. The van der Waals surface area contributed by atoms with Crippen molar-refractivity contribution in [1.82, 2.24) is 10.2 Å². The third-order valence-electron chi connectivity index (χ3n) is 5.88. The largest absolute Gasteiger partial charge is 0.394 e. The number of carbonyl (C=O) groups excluding carboxylic acids is 3. The van der Waals surface area contributed by atoms with Crippen molar-refractivity contribution in [2.75, 3.05) is 19.0 Å². The van der Waals surface area contributed by atoms with E-state index in [4.69, 9.17) is 11.6 Å². The van der Waals surface area contributed by atoms with Gasteiger partial charge in [-0.15, -0.1) is 0 Å². The van der Waals surface area contributed by atoms with E-state index in [-0.39, 0.29) is 30.2 Å². The molecule has 0 saturated carbocycles. The number of hydrogen-bond donors (Lipinski definition) is 3. The van der Waals surface area contributed by atoms with Gasteiger partial charge in [0.05, 0.1) is 24.5 Å². The summed E-state index contributed by atoms with van der Waals surface area (Å²) in [5.74, 6) is -2.66. The smallest absolute Gasteiger partial charge is 0.247 e. The molecule has 3 amide bonds. The molecule has 0 unspecified atom stereocenters. The third kappa shape index (κ3) is 3.89. The molecule has 1 heterocycles. The molecule has 6 atom stereocenters. The van der Waals surface area contributed by atoms with Crippen LogP contribution in [0.25, 0.3) is 0 Å². The van der Waals surface area contributed by atoms with E-state index in [1.165, 1.54) is 4.90 Å². The van der Waals surface area contributed by atoms with Gasteiger partial charge in [0.1, 0.15) is 6.04 Å². The van der Waals surface area contributed by atoms with E-state index in [2.05, 4.69) is 10.6 Å². The van der Waals surface area contributed by atoms with E-state index in [0.717, 1.165) is 0 Å². The fraction of sp³-hybridized carbons (Fsp3) is 0.476. The second-order valence-corrected chi connectivity index (χ2v) is 8.14. The fourth-order valence-electron chi connectivity index (χ4n) is 4.42. The Labute approximate surface area is 175 Å². The Morgan fingerprint density at radius 1 is 1.21 bits per heavy atom. The number of anilines is 1. The van der Waals surface area contributed by atoms with Crippen LogP contribution in [0, 0.1) is 23.7 Å². The van der Waals surface area contributed by atoms with Crippen LogP contribution in [0.5, 0.6) is 0 Å². The number of amides is 3. The molecular weight excluding hydrogens is 394 g/mol. The Bertz CT molecular complexity index is 826. The van der Waals surface area contributed by atoms with Crippen LogP contribution in [0.4, 0.5) is 5.69 Å². The van der Waals surface area contributed by atoms with Crippen LogP contribution in [-0.2, 0) is 14.4 Å². The summed E-state index contributed by atoms with van der Waals surface area (Å²) in [6.07, 6.45) is 3.76. The Balaban J connectivity index is 1.97. The number of allylic oxidation sites excluding steroid dienone is 1. The number of carbonyl (C=O) groups is 3. The summed E-state index contributed by atoms with van der Waals surface area (Å²) in [6.45, 7) is 3.31. The molecule has 156 valence electrons. The van der Waals surface area contributed by atoms with Gasteiger partial charge >= 0.3 is 0 Å². The number of likely N-dealkylation sites (tertiary alicyclic amines) is 1. The van der Waals surface area contributed by atoms with Gasteiger partial charge in [-0.2, -0.15) is 0 Å². The van der Waals surface area contributed by atoms with Gasteiger partial charge in [0.15, 0.2) is 0 Å². The Kier molecular flexibility index (Phi) is 6.29. The molecule has 1 saturated heterocycles. The first kappa shape index (κ1) is 21.3. The summed E-state index contributed by atoms with van der Waals surface area (Å²) in [4.78, 5) is 40.5. The first-order valence-electron chi connectivity index (χ1n) is 9.69. The summed E-state index contributed by atoms with van der Waals surface area (Å²) in [6, 6.07) is 5.32. The van der Waals surface area contributed by atoms with E-state index in [1.54, 1.807) is 38.2 Å². The van der Waals surface area contributed by atoms with Crippen LogP contribution in [0.15, 0.2) is 36.4 Å². The Morgan fingerprint density at radius 3 is 2.45 bits per heavy atom. The molecule has 1 aliphatic carbocycles. The van der Waals surface area contributed by atoms with Crippen LogP contribution in [0.2, 0.25) is 5.02 Å². The molecule has 1 aliphatic heterocycles. The van der Waals surface area contributed by atoms with Crippen molar-refractivity contribution in [1.29, 1.82) is 0 Å². The highest BCUT2D eigenvalue weighted by Gasteiger charge is 2.57. The number of aliphatic hydroxyl groups is 1. The highest BCUT2D eigenvalue weighted by molar-refractivity contribution is 6.30. The molecular formula is C21H26ClN3O4. The quantitative estimate of drug-likeness (QED) is 0.632. The molecule has 7 nitrogen and oxygen atoms in total. The number of fused-ring (bicyclic) bond motifs is 1. The van der Waals surface area contributed by atoms with Crippen molar-refractivity contribution in [2.45, 2.75) is 25.9 Å². The van der Waals surface area contributed by atoms with Crippen molar-refractivity contribution >= 4 is 35.0 Å². The summed E-state index contributed by atoms with van der Waals surface area (Å²) in [5.41, 5.74) is 0.558. The van der Waals surface area contributed by atoms with Crippen LogP contribution >= 0.6 is 11.6 Å². The average Bonchev–Trinajstić information content (AvgIpc) is 3.01. The van der Waals surface area contributed by atoms with E-state index in [1.807, 2.05) is 19.1 Å². The number of nitrogens with zero attached hydrogens (tertiary/aromatic N) is 1. The van der Waals surface area contributed by atoms with Gasteiger partial charge < -0.3 is 20.6 Å². The lowest BCUT2D eigenvalue weighted by Crippen LogP contribution is -2.49. The van der Waals surface area contributed by atoms with Gasteiger partial charge in [-0.1, -0.05) is 30.7 Å². The van der Waals surface area contributed by atoms with Crippen molar-refractivity contribution in [3.8, 4) is 0 Å². The molecule has 2 aliphatic rings. The van der Waals surface area contributed by atoms with Gasteiger partial charge in [0.2, 0.25) is 17.7 Å². The molecule has 3 rings (SSSR count). The van der Waals surface area contributed by atoms with Crippen LogP contribution in [0.3, 0.4) is 0 Å². The summed E-state index contributed by atoms with van der Waals surface area (Å²) in [5, 5.41) is 15.7. The van der Waals surface area contributed by atoms with E-state index < -0.39 is 29.8 Å². The molecule has 8 heteroatoms. The lowest BCUT2D eigenvalue weighted by Gasteiger charge is -2.32. The first-order valence-corrected chi connectivity index (χ1v) is 10.1. The number of hydrogen-bond acceptors (Lipinski definition) is 4. The molecule has 1 fully saturated rings. The maximum atomic E-state index is 13.3. The first-order chi connectivity index (χ1) is 13.8. The minimum atomic E-state index is -0.818. The SMILES string of the molecule is CNC(=O)[C@H]1[C@@H]2C(=O)N([C@H](C)CO)[C@H](C(=O)Nc3ccc(Cl)cc3)[C@H]2C=C[C@H]1C. The molecule has 29 heavy (non-hydrogen) atoms. The zero-order chi connectivity index (χ0) is 21.3. The Hall–Kier alpha value is -2.38. The predicted molar refractivity (Wildman–Crippen MR) is 110 cm³/mol. The fourth-order valence-corrected chi connectivity index (χ4v) is 4.55. The van der Waals surface area contributed by atoms with E-state index >= 15 is 0 Å². The normalized spacial score (nSPS) is 29.3. The van der Waals surface area contributed by atoms with E-state index in [9.17, 15) is 19.5 Å². The van der Waals surface area contributed by atoms with Crippen molar-refractivity contribution in [3.05, 3.63) is 41.4 Å². The second-order valence-electron chi connectivity index (χ2n) is 7.71. The van der Waals surface area contributed by atoms with Crippen molar-refractivity contribution in [3.63, 3.8) is 0 Å². The molecule has 3 N–H and O–H groups in total. The van der Waals surface area contributed by atoms with Gasteiger partial charge in [-0.3, -0.25) is 14.4 Å². The number of halogens is 1.